The summed E-state index contributed by atoms with van der Waals surface area (Å²) in [6.07, 6.45) is 8.10. The fourth-order valence-electron chi connectivity index (χ4n) is 22.4. The van der Waals surface area contributed by atoms with Gasteiger partial charge in [0.2, 0.25) is 0 Å². The second-order valence-corrected chi connectivity index (χ2v) is 44.9. The number of fused-ring (bicyclic) bond motifs is 32. The highest BCUT2D eigenvalue weighted by atomic mass is 32.1. The Morgan fingerprint density at radius 3 is 1.04 bits per heavy atom. The summed E-state index contributed by atoms with van der Waals surface area (Å²) in [5.74, 6) is 0. The number of furan rings is 1. The summed E-state index contributed by atoms with van der Waals surface area (Å²) in [7, 11) is 0. The fraction of sp³-hybridized carbons (Fsp3) is 0.0222. The average Bonchev–Trinajstić information content (AvgIpc) is 1.44. The van der Waals surface area contributed by atoms with Crippen molar-refractivity contribution < 1.29 is 4.42 Å². The largest absolute Gasteiger partial charge is 0.455 e. The first-order valence-electron chi connectivity index (χ1n) is 49.8. The van der Waals surface area contributed by atoms with Gasteiger partial charge in [-0.2, -0.15) is 0 Å². The van der Waals surface area contributed by atoms with Crippen LogP contribution in [0.1, 0.15) is 25.0 Å². The van der Waals surface area contributed by atoms with Gasteiger partial charge in [-0.15, -0.1) is 68.0 Å². The summed E-state index contributed by atoms with van der Waals surface area (Å²) < 4.78 is 21.8. The molecule has 0 fully saturated rings. The third-order valence-corrected chi connectivity index (χ3v) is 36.7. The lowest BCUT2D eigenvalue weighted by Gasteiger charge is -2.28. The number of rotatable bonds is 10. The maximum atomic E-state index is 6.30. The summed E-state index contributed by atoms with van der Waals surface area (Å²) in [6, 6.07) is 162. The molecule has 0 radical (unpaired) electrons. The number of aromatic nitrogens is 4. The van der Waals surface area contributed by atoms with Crippen molar-refractivity contribution in [2.24, 2.45) is 0 Å². The summed E-state index contributed by atoms with van der Waals surface area (Å²) in [6.45, 7) is 4.68. The molecule has 0 spiro atoms. The van der Waals surface area contributed by atoms with Gasteiger partial charge in [0, 0.05) is 204 Å². The van der Waals surface area contributed by atoms with Gasteiger partial charge in [0.1, 0.15) is 11.2 Å². The van der Waals surface area contributed by atoms with Crippen LogP contribution in [0.4, 0.5) is 34.1 Å². The minimum atomic E-state index is -0.0512. The highest BCUT2D eigenvalue weighted by molar-refractivity contribution is 7.28. The quantitative estimate of drug-likeness (QED) is 0.135. The zero-order chi connectivity index (χ0) is 97.8. The molecule has 1 aliphatic rings. The summed E-state index contributed by atoms with van der Waals surface area (Å²) in [4.78, 5) is 24.3. The molecule has 20 aromatic carbocycles. The van der Waals surface area contributed by atoms with Gasteiger partial charge < -0.3 is 14.2 Å². The summed E-state index contributed by atoms with van der Waals surface area (Å²) in [5.41, 5.74) is 28.1. The number of benzene rings is 20. The van der Waals surface area contributed by atoms with Crippen LogP contribution in [-0.2, 0) is 5.41 Å². The molecule has 148 heavy (non-hydrogen) atoms. The first-order valence-corrected chi connectivity index (χ1v) is 54.7. The van der Waals surface area contributed by atoms with E-state index in [1.54, 1.807) is 0 Å². The van der Waals surface area contributed by atoms with Gasteiger partial charge in [-0.1, -0.05) is 323 Å². The number of hydrogen-bond acceptors (Lipinski definition) is 13. The second-order valence-electron chi connectivity index (χ2n) is 38.5. The number of anilines is 6. The van der Waals surface area contributed by atoms with Crippen molar-refractivity contribution in [3.05, 3.63) is 485 Å². The molecule has 0 N–H and O–H groups in total. The number of hydrogen-bond donors (Lipinski definition) is 0. The third kappa shape index (κ3) is 14.8. The van der Waals surface area contributed by atoms with Crippen molar-refractivity contribution >= 4 is 289 Å². The Labute approximate surface area is 875 Å². The molecule has 696 valence electrons. The van der Waals surface area contributed by atoms with E-state index in [2.05, 4.69) is 460 Å². The molecule has 0 atom stereocenters. The molecule has 0 unspecified atom stereocenters. The van der Waals surface area contributed by atoms with Gasteiger partial charge >= 0.3 is 0 Å². The molecule has 0 amide bonds. The second kappa shape index (κ2) is 35.6. The molecule has 31 aromatic rings. The van der Waals surface area contributed by atoms with Gasteiger partial charge in [-0.05, 0) is 201 Å². The molecule has 0 bridgehead atoms. The van der Waals surface area contributed by atoms with E-state index in [1.165, 1.54) is 182 Å². The zero-order valence-corrected chi connectivity index (χ0v) is 85.0. The van der Waals surface area contributed by atoms with Gasteiger partial charge in [0.15, 0.2) is 0 Å². The van der Waals surface area contributed by atoms with Crippen LogP contribution < -0.4 is 9.80 Å². The molecule has 0 aliphatic heterocycles. The van der Waals surface area contributed by atoms with Crippen molar-refractivity contribution in [2.75, 3.05) is 9.80 Å². The Morgan fingerprint density at radius 1 is 0.196 bits per heavy atom. The van der Waals surface area contributed by atoms with Crippen LogP contribution in [0, 0.1) is 0 Å². The van der Waals surface area contributed by atoms with Gasteiger partial charge in [-0.25, -0.2) is 0 Å². The maximum Gasteiger partial charge on any atom is 0.143 e. The number of pyridine rings is 4. The Kier molecular flexibility index (Phi) is 21.0. The van der Waals surface area contributed by atoms with Crippen molar-refractivity contribution in [3.8, 4) is 55.6 Å². The average molecular weight is 2000 g/mol. The van der Waals surface area contributed by atoms with Gasteiger partial charge in [-0.3, -0.25) is 19.9 Å². The van der Waals surface area contributed by atoms with Crippen molar-refractivity contribution in [2.45, 2.75) is 19.3 Å². The molecule has 7 nitrogen and oxygen atoms in total. The normalized spacial score (nSPS) is 12.3. The molecular formula is C135H84N6OS6. The Balaban J connectivity index is 0.0000000931. The predicted molar refractivity (Wildman–Crippen MR) is 640 cm³/mol. The minimum Gasteiger partial charge on any atom is -0.455 e. The fourth-order valence-corrected chi connectivity index (χ4v) is 29.6. The summed E-state index contributed by atoms with van der Waals surface area (Å²) >= 11 is 11.0. The molecule has 0 saturated carbocycles. The van der Waals surface area contributed by atoms with Crippen LogP contribution in [-0.4, -0.2) is 19.9 Å². The number of thiophene rings is 6. The third-order valence-electron chi connectivity index (χ3n) is 29.6. The summed E-state index contributed by atoms with van der Waals surface area (Å²) in [5, 5.41) is 22.2. The SMILES string of the molecule is CC1(C)c2ccccc2-c2ccc(N(c3ccccc3)c3ccc4c(cnc5c6ccccc6sc45)c3)cc21.c1cc(-c2ccc3c(cnc4c5ccccc5sc34)c2)cc(-c2cccc3c2oc2ccccc23)c1.c1cc(-c2ccc3c(cnc4c5ccccc5sc34)c2)cc(-c2cccc3c2sc2ccccc23)c1.c1ccc(N(c2ccc3c(cnc4c5ccccc5sc34)c2)c2ccc3c(c2)sc2ccccc23)cc1. The Bertz CT molecular complexity index is 10500. The number of nitrogens with zero attached hydrogens (tertiary/aromatic N) is 6. The zero-order valence-electron chi connectivity index (χ0n) is 80.1. The van der Waals surface area contributed by atoms with Gasteiger partial charge in [0.25, 0.3) is 0 Å². The van der Waals surface area contributed by atoms with Crippen LogP contribution in [0.25, 0.3) is 242 Å². The molecule has 1 aliphatic carbocycles. The lowest BCUT2D eigenvalue weighted by molar-refractivity contribution is 0.660. The van der Waals surface area contributed by atoms with E-state index in [9.17, 15) is 0 Å². The van der Waals surface area contributed by atoms with E-state index in [0.717, 1.165) is 105 Å². The first kappa shape index (κ1) is 87.4. The van der Waals surface area contributed by atoms with E-state index in [-0.39, 0.29) is 5.41 Å². The van der Waals surface area contributed by atoms with Crippen molar-refractivity contribution in [3.63, 3.8) is 0 Å². The highest BCUT2D eigenvalue weighted by Crippen LogP contribution is 2.54. The van der Waals surface area contributed by atoms with Crippen LogP contribution in [0.3, 0.4) is 0 Å². The van der Waals surface area contributed by atoms with Crippen LogP contribution in [0.15, 0.2) is 478 Å². The lowest BCUT2D eigenvalue weighted by atomic mass is 9.82. The minimum absolute atomic E-state index is 0.0512. The predicted octanol–water partition coefficient (Wildman–Crippen LogP) is 41.0. The Hall–Kier alpha value is -17.2. The molecule has 0 saturated heterocycles. The van der Waals surface area contributed by atoms with Crippen LogP contribution in [0.5, 0.6) is 0 Å². The van der Waals surface area contributed by atoms with Crippen molar-refractivity contribution in [1.29, 1.82) is 0 Å². The highest BCUT2D eigenvalue weighted by Gasteiger charge is 2.36. The standard InChI is InChI=1S/C36H26N2S.C33H20N2S2.C33H19NOS.C33H19NS2/c1-36(2)31-14-8-6-12-28(31)29-19-17-26(21-32(29)36)38(24-10-4-3-5-11-24)25-16-18-27-23(20-25)22-37-34-30-13-7-9-15-33(30)39-35(27)34;1-2-8-22(9-3-1)35(24-15-17-27-26-10-4-6-12-29(26)36-31(27)19-24)23-14-16-25-21(18-23)20-34-32-28-11-5-7-13-30(28)37-33(25)32;2*1-3-13-29-26(9-1)27-12-6-11-24(32(27)35-29)22-8-5-7-20(17-22)21-15-16-25-23(18-21)19-34-31-28-10-2-4-14-30(28)36-33(25)31/h3-22H,1-2H3;1-20H;2*1-19H. The molecule has 11 heterocycles. The Morgan fingerprint density at radius 2 is 0.527 bits per heavy atom. The number of para-hydroxylation sites is 4. The van der Waals surface area contributed by atoms with Crippen molar-refractivity contribution in [1.82, 2.24) is 19.9 Å². The first-order chi connectivity index (χ1) is 73.1. The van der Waals surface area contributed by atoms with Crippen LogP contribution >= 0.6 is 68.0 Å². The van der Waals surface area contributed by atoms with E-state index < -0.39 is 0 Å². The van der Waals surface area contributed by atoms with E-state index in [0.29, 0.717) is 0 Å². The molecule has 11 aromatic heterocycles. The lowest BCUT2D eigenvalue weighted by Crippen LogP contribution is -2.16. The molecule has 32 rings (SSSR count). The van der Waals surface area contributed by atoms with Gasteiger partial charge in [0.05, 0.1) is 40.9 Å². The molecule has 13 heteroatoms. The van der Waals surface area contributed by atoms with E-state index in [1.807, 2.05) is 105 Å². The van der Waals surface area contributed by atoms with E-state index >= 15 is 0 Å². The topological polar surface area (TPSA) is 71.2 Å². The van der Waals surface area contributed by atoms with Crippen LogP contribution in [0.2, 0.25) is 0 Å². The molecular weight excluding hydrogens is 1910 g/mol. The maximum absolute atomic E-state index is 6.30. The monoisotopic (exact) mass is 2000 g/mol. The smallest absolute Gasteiger partial charge is 0.143 e. The van der Waals surface area contributed by atoms with E-state index in [4.69, 9.17) is 24.4 Å².